The van der Waals surface area contributed by atoms with Gasteiger partial charge >= 0.3 is 0 Å². The molecule has 0 radical (unpaired) electrons. The molecule has 3 aromatic rings. The topological polar surface area (TPSA) is 79.5 Å². The predicted octanol–water partition coefficient (Wildman–Crippen LogP) is 3.67. The van der Waals surface area contributed by atoms with E-state index in [1.54, 1.807) is 23.0 Å². The van der Waals surface area contributed by atoms with Gasteiger partial charge in [0, 0.05) is 22.6 Å². The second-order valence-electron chi connectivity index (χ2n) is 5.08. The van der Waals surface area contributed by atoms with Gasteiger partial charge in [0.05, 0.1) is 11.9 Å². The monoisotopic (exact) mass is 326 g/mol. The van der Waals surface area contributed by atoms with Crippen molar-refractivity contribution in [3.63, 3.8) is 0 Å². The lowest BCUT2D eigenvalue weighted by Gasteiger charge is -2.10. The van der Waals surface area contributed by atoms with Crippen molar-refractivity contribution in [1.29, 1.82) is 5.41 Å². The van der Waals surface area contributed by atoms with E-state index in [-0.39, 0.29) is 0 Å². The summed E-state index contributed by atoms with van der Waals surface area (Å²) >= 11 is 5.89. The van der Waals surface area contributed by atoms with Crippen LogP contribution in [0.5, 0.6) is 0 Å². The molecule has 2 aromatic heterocycles. The number of hydrogen-bond donors (Lipinski definition) is 2. The summed E-state index contributed by atoms with van der Waals surface area (Å²) < 4.78 is 1.73. The smallest absolute Gasteiger partial charge is 0.174 e. The van der Waals surface area contributed by atoms with Crippen LogP contribution in [-0.2, 0) is 0 Å². The number of aromatic nitrogens is 4. The lowest BCUT2D eigenvalue weighted by atomic mass is 10.3. The number of nitrogens with one attached hydrogen (secondary N) is 2. The number of rotatable bonds is 4. The summed E-state index contributed by atoms with van der Waals surface area (Å²) in [7, 11) is 0. The Balaban J connectivity index is 2.01. The van der Waals surface area contributed by atoms with E-state index in [1.165, 1.54) is 0 Å². The Morgan fingerprint density at radius 1 is 1.22 bits per heavy atom. The summed E-state index contributed by atoms with van der Waals surface area (Å²) in [6, 6.07) is 9.22. The summed E-state index contributed by atoms with van der Waals surface area (Å²) in [5.74, 6) is 1.09. The first kappa shape index (κ1) is 15.2. The number of hydrogen-bond acceptors (Lipinski definition) is 5. The summed E-state index contributed by atoms with van der Waals surface area (Å²) in [4.78, 5) is 8.83. The highest BCUT2D eigenvalue weighted by Gasteiger charge is 2.10. The van der Waals surface area contributed by atoms with Crippen molar-refractivity contribution < 1.29 is 0 Å². The molecule has 3 rings (SSSR count). The van der Waals surface area contributed by atoms with Crippen LogP contribution in [0, 0.1) is 19.3 Å². The molecule has 0 aliphatic rings. The molecule has 0 fully saturated rings. The normalized spacial score (nSPS) is 10.6. The molecule has 0 spiro atoms. The van der Waals surface area contributed by atoms with Gasteiger partial charge in [-0.25, -0.2) is 14.6 Å². The van der Waals surface area contributed by atoms with Gasteiger partial charge in [0.2, 0.25) is 0 Å². The highest BCUT2D eigenvalue weighted by molar-refractivity contribution is 6.30. The Bertz CT molecular complexity index is 854. The fourth-order valence-corrected chi connectivity index (χ4v) is 2.35. The molecule has 7 heteroatoms. The van der Waals surface area contributed by atoms with Gasteiger partial charge in [-0.1, -0.05) is 11.6 Å². The number of nitrogens with zero attached hydrogens (tertiary/aromatic N) is 4. The highest BCUT2D eigenvalue weighted by atomic mass is 35.5. The van der Waals surface area contributed by atoms with Gasteiger partial charge in [-0.15, -0.1) is 0 Å². The van der Waals surface area contributed by atoms with E-state index >= 15 is 0 Å². The minimum atomic E-state index is 0.449. The van der Waals surface area contributed by atoms with Crippen molar-refractivity contribution in [1.82, 2.24) is 19.7 Å². The van der Waals surface area contributed by atoms with Crippen LogP contribution in [0.2, 0.25) is 5.02 Å². The average molecular weight is 327 g/mol. The molecular formula is C16H15ClN6. The van der Waals surface area contributed by atoms with Crippen LogP contribution < -0.4 is 5.32 Å². The molecule has 1 aromatic carbocycles. The second-order valence-corrected chi connectivity index (χ2v) is 5.51. The molecule has 0 amide bonds. The Kier molecular flexibility index (Phi) is 4.08. The Morgan fingerprint density at radius 3 is 2.57 bits per heavy atom. The molecule has 0 bridgehead atoms. The Labute approximate surface area is 138 Å². The van der Waals surface area contributed by atoms with Gasteiger partial charge < -0.3 is 10.7 Å². The zero-order chi connectivity index (χ0) is 16.4. The molecule has 6 nitrogen and oxygen atoms in total. The number of benzene rings is 1. The molecule has 0 atom stereocenters. The lowest BCUT2D eigenvalue weighted by Crippen LogP contribution is -2.08. The van der Waals surface area contributed by atoms with Crippen LogP contribution in [0.1, 0.15) is 17.1 Å². The minimum Gasteiger partial charge on any atom is -0.338 e. The van der Waals surface area contributed by atoms with Gasteiger partial charge in [-0.3, -0.25) is 0 Å². The van der Waals surface area contributed by atoms with Crippen LogP contribution in [0.15, 0.2) is 36.5 Å². The molecule has 0 aliphatic carbocycles. The maximum Gasteiger partial charge on any atom is 0.174 e. The number of anilines is 2. The van der Waals surface area contributed by atoms with Crippen molar-refractivity contribution in [3.05, 3.63) is 58.6 Å². The zero-order valence-electron chi connectivity index (χ0n) is 12.7. The molecule has 2 heterocycles. The standard InChI is InChI=1S/C16H15ClN6/c1-10-7-11(2)23(22-10)15-9-19-14(8-18)16(21-15)20-13-5-3-12(17)4-6-13/h3-9,18H,1-2H3,(H,20,21). The van der Waals surface area contributed by atoms with E-state index in [0.717, 1.165) is 23.3 Å². The second kappa shape index (κ2) is 6.18. The van der Waals surface area contributed by atoms with Crippen LogP contribution in [0.25, 0.3) is 5.82 Å². The van der Waals surface area contributed by atoms with E-state index in [2.05, 4.69) is 20.4 Å². The molecule has 0 saturated heterocycles. The lowest BCUT2D eigenvalue weighted by molar-refractivity contribution is 0.800. The van der Waals surface area contributed by atoms with Crippen LogP contribution >= 0.6 is 11.6 Å². The quantitative estimate of drug-likeness (QED) is 0.717. The summed E-state index contributed by atoms with van der Waals surface area (Å²) in [6.45, 7) is 3.88. The maximum atomic E-state index is 7.49. The van der Waals surface area contributed by atoms with Crippen LogP contribution in [0.3, 0.4) is 0 Å². The maximum absolute atomic E-state index is 7.49. The van der Waals surface area contributed by atoms with Gasteiger partial charge in [0.1, 0.15) is 5.69 Å². The van der Waals surface area contributed by atoms with Gasteiger partial charge in [-0.05, 0) is 44.2 Å². The molecular weight excluding hydrogens is 312 g/mol. The summed E-state index contributed by atoms with van der Waals surface area (Å²) in [5, 5.41) is 15.7. The van der Waals surface area contributed by atoms with E-state index in [4.69, 9.17) is 17.0 Å². The third kappa shape index (κ3) is 3.22. The van der Waals surface area contributed by atoms with Crippen molar-refractivity contribution in [2.75, 3.05) is 5.32 Å². The first-order chi connectivity index (χ1) is 11.1. The Morgan fingerprint density at radius 2 is 1.96 bits per heavy atom. The molecule has 0 saturated carbocycles. The SMILES string of the molecule is Cc1cc(C)n(-c2cnc(C=N)c(Nc3ccc(Cl)cc3)n2)n1. The van der Waals surface area contributed by atoms with E-state index in [0.29, 0.717) is 22.4 Å². The number of halogens is 1. The zero-order valence-corrected chi connectivity index (χ0v) is 13.5. The van der Waals surface area contributed by atoms with E-state index < -0.39 is 0 Å². The molecule has 0 aliphatic heterocycles. The van der Waals surface area contributed by atoms with E-state index in [1.807, 2.05) is 32.0 Å². The molecule has 0 unspecified atom stereocenters. The fourth-order valence-electron chi connectivity index (χ4n) is 2.22. The molecule has 116 valence electrons. The van der Waals surface area contributed by atoms with Gasteiger partial charge in [-0.2, -0.15) is 5.10 Å². The van der Waals surface area contributed by atoms with Crippen molar-refractivity contribution in [3.8, 4) is 5.82 Å². The fraction of sp³-hybridized carbons (Fsp3) is 0.125. The van der Waals surface area contributed by atoms with Crippen molar-refractivity contribution >= 4 is 29.3 Å². The largest absolute Gasteiger partial charge is 0.338 e. The van der Waals surface area contributed by atoms with Crippen molar-refractivity contribution in [2.45, 2.75) is 13.8 Å². The van der Waals surface area contributed by atoms with E-state index in [9.17, 15) is 0 Å². The van der Waals surface area contributed by atoms with Crippen LogP contribution in [-0.4, -0.2) is 26.0 Å². The first-order valence-electron chi connectivity index (χ1n) is 7.00. The molecule has 2 N–H and O–H groups in total. The Hall–Kier alpha value is -2.73. The first-order valence-corrected chi connectivity index (χ1v) is 7.38. The summed E-state index contributed by atoms with van der Waals surface area (Å²) in [6.07, 6.45) is 2.77. The highest BCUT2D eigenvalue weighted by Crippen LogP contribution is 2.20. The summed E-state index contributed by atoms with van der Waals surface area (Å²) in [5.41, 5.74) is 3.15. The third-order valence-electron chi connectivity index (χ3n) is 3.26. The third-order valence-corrected chi connectivity index (χ3v) is 3.51. The van der Waals surface area contributed by atoms with Crippen molar-refractivity contribution in [2.24, 2.45) is 0 Å². The van der Waals surface area contributed by atoms with Gasteiger partial charge in [0.15, 0.2) is 11.6 Å². The van der Waals surface area contributed by atoms with Gasteiger partial charge in [0.25, 0.3) is 0 Å². The number of aryl methyl sites for hydroxylation is 2. The predicted molar refractivity (Wildman–Crippen MR) is 91.2 cm³/mol. The van der Waals surface area contributed by atoms with Crippen LogP contribution in [0.4, 0.5) is 11.5 Å². The molecule has 23 heavy (non-hydrogen) atoms. The average Bonchev–Trinajstić information content (AvgIpc) is 2.88. The minimum absolute atomic E-state index is 0.449.